The second-order valence-corrected chi connectivity index (χ2v) is 4.39. The van der Waals surface area contributed by atoms with E-state index < -0.39 is 0 Å². The first-order chi connectivity index (χ1) is 6.84. The van der Waals surface area contributed by atoms with Crippen molar-refractivity contribution in [3.8, 4) is 0 Å². The molecule has 2 atom stereocenters. The van der Waals surface area contributed by atoms with E-state index in [1.165, 1.54) is 24.0 Å². The summed E-state index contributed by atoms with van der Waals surface area (Å²) in [6.07, 6.45) is 3.12. The number of hydrogen-bond acceptors (Lipinski definition) is 2. The van der Waals surface area contributed by atoms with E-state index in [4.69, 9.17) is 0 Å². The van der Waals surface area contributed by atoms with Crippen LogP contribution in [-0.2, 0) is 6.42 Å². The Kier molecular flexibility index (Phi) is 1.85. The second kappa shape index (κ2) is 3.07. The monoisotopic (exact) mass is 189 g/mol. The molecule has 2 aliphatic rings. The Hall–Kier alpha value is -0.860. The first-order valence-electron chi connectivity index (χ1n) is 5.36. The number of fused-ring (bicyclic) bond motifs is 1. The van der Waals surface area contributed by atoms with Crippen LogP contribution in [0.15, 0.2) is 24.3 Å². The fraction of sp³-hybridized carbons (Fsp3) is 0.500. The van der Waals surface area contributed by atoms with Crippen LogP contribution < -0.4 is 5.32 Å². The molecule has 3 rings (SSSR count). The van der Waals surface area contributed by atoms with E-state index in [-0.39, 0.29) is 12.1 Å². The molecule has 0 spiro atoms. The van der Waals surface area contributed by atoms with Gasteiger partial charge in [-0.25, -0.2) is 0 Å². The smallest absolute Gasteiger partial charge is 0.0775 e. The maximum Gasteiger partial charge on any atom is 0.0775 e. The summed E-state index contributed by atoms with van der Waals surface area (Å²) in [7, 11) is 0. The summed E-state index contributed by atoms with van der Waals surface area (Å²) < 4.78 is 0. The number of aliphatic hydroxyl groups excluding tert-OH is 1. The summed E-state index contributed by atoms with van der Waals surface area (Å²) in [5.41, 5.74) is 2.60. The fourth-order valence-electron chi connectivity index (χ4n) is 2.28. The Labute approximate surface area is 84.0 Å². The maximum atomic E-state index is 9.92. The maximum absolute atomic E-state index is 9.92. The van der Waals surface area contributed by atoms with Gasteiger partial charge < -0.3 is 10.4 Å². The van der Waals surface area contributed by atoms with E-state index in [0.29, 0.717) is 6.04 Å². The zero-order chi connectivity index (χ0) is 9.54. The average molecular weight is 189 g/mol. The van der Waals surface area contributed by atoms with Crippen LogP contribution in [0.2, 0.25) is 0 Å². The standard InChI is InChI=1S/C12H15NO/c14-11-7-8-3-1-2-4-10(8)12(11)13-9-5-6-9/h1-4,9,11-14H,5-7H2. The predicted octanol–water partition coefficient (Wildman–Crippen LogP) is 1.40. The Morgan fingerprint density at radius 3 is 2.79 bits per heavy atom. The zero-order valence-electron chi connectivity index (χ0n) is 8.11. The number of aliphatic hydroxyl groups is 1. The lowest BCUT2D eigenvalue weighted by atomic mass is 10.1. The molecule has 1 aromatic carbocycles. The van der Waals surface area contributed by atoms with Crippen molar-refractivity contribution in [2.24, 2.45) is 0 Å². The van der Waals surface area contributed by atoms with E-state index >= 15 is 0 Å². The molecule has 2 heteroatoms. The lowest BCUT2D eigenvalue weighted by Crippen LogP contribution is -2.30. The Morgan fingerprint density at radius 2 is 2.00 bits per heavy atom. The van der Waals surface area contributed by atoms with Gasteiger partial charge in [0, 0.05) is 12.5 Å². The molecule has 2 N–H and O–H groups in total. The van der Waals surface area contributed by atoms with Gasteiger partial charge in [0.2, 0.25) is 0 Å². The largest absolute Gasteiger partial charge is 0.391 e. The molecule has 74 valence electrons. The minimum Gasteiger partial charge on any atom is -0.391 e. The summed E-state index contributed by atoms with van der Waals surface area (Å²) in [6.45, 7) is 0. The quantitative estimate of drug-likeness (QED) is 0.737. The first-order valence-corrected chi connectivity index (χ1v) is 5.36. The van der Waals surface area contributed by atoms with Gasteiger partial charge in [0.1, 0.15) is 0 Å². The Balaban J connectivity index is 1.88. The molecule has 0 radical (unpaired) electrons. The topological polar surface area (TPSA) is 32.3 Å². The van der Waals surface area contributed by atoms with E-state index in [0.717, 1.165) is 6.42 Å². The molecular formula is C12H15NO. The van der Waals surface area contributed by atoms with Crippen LogP contribution >= 0.6 is 0 Å². The molecule has 2 unspecified atom stereocenters. The van der Waals surface area contributed by atoms with Gasteiger partial charge in [-0.3, -0.25) is 0 Å². The normalized spacial score (nSPS) is 30.4. The summed E-state index contributed by atoms with van der Waals surface area (Å²) >= 11 is 0. The highest BCUT2D eigenvalue weighted by molar-refractivity contribution is 5.36. The van der Waals surface area contributed by atoms with Crippen molar-refractivity contribution in [2.45, 2.75) is 37.5 Å². The van der Waals surface area contributed by atoms with Crippen LogP contribution in [0.3, 0.4) is 0 Å². The van der Waals surface area contributed by atoms with Gasteiger partial charge in [0.05, 0.1) is 12.1 Å². The summed E-state index contributed by atoms with van der Waals surface area (Å²) in [4.78, 5) is 0. The van der Waals surface area contributed by atoms with Crippen LogP contribution in [0.4, 0.5) is 0 Å². The lowest BCUT2D eigenvalue weighted by Gasteiger charge is -2.17. The van der Waals surface area contributed by atoms with E-state index in [1.54, 1.807) is 0 Å². The molecule has 0 heterocycles. The third kappa shape index (κ3) is 1.35. The van der Waals surface area contributed by atoms with Crippen molar-refractivity contribution in [1.29, 1.82) is 0 Å². The van der Waals surface area contributed by atoms with Crippen LogP contribution in [0.25, 0.3) is 0 Å². The van der Waals surface area contributed by atoms with Crippen LogP contribution in [0, 0.1) is 0 Å². The van der Waals surface area contributed by atoms with Gasteiger partial charge >= 0.3 is 0 Å². The molecule has 0 aromatic heterocycles. The summed E-state index contributed by atoms with van der Waals surface area (Å²) in [6, 6.07) is 9.18. The van der Waals surface area contributed by atoms with Crippen molar-refractivity contribution >= 4 is 0 Å². The predicted molar refractivity (Wildman–Crippen MR) is 55.1 cm³/mol. The minimum atomic E-state index is -0.229. The SMILES string of the molecule is OC1Cc2ccccc2C1NC1CC1. The average Bonchev–Trinajstić information content (AvgIpc) is 2.93. The number of rotatable bonds is 2. The highest BCUT2D eigenvalue weighted by Gasteiger charge is 2.34. The summed E-state index contributed by atoms with van der Waals surface area (Å²) in [5.74, 6) is 0. The fourth-order valence-corrected chi connectivity index (χ4v) is 2.28. The Bertz CT molecular complexity index is 346. The number of benzene rings is 1. The van der Waals surface area contributed by atoms with E-state index in [1.807, 2.05) is 6.07 Å². The molecule has 1 fully saturated rings. The van der Waals surface area contributed by atoms with Crippen LogP contribution in [0.5, 0.6) is 0 Å². The van der Waals surface area contributed by atoms with Crippen molar-refractivity contribution in [3.63, 3.8) is 0 Å². The molecule has 0 aliphatic heterocycles. The Morgan fingerprint density at radius 1 is 1.21 bits per heavy atom. The number of nitrogens with one attached hydrogen (secondary N) is 1. The molecule has 2 nitrogen and oxygen atoms in total. The molecule has 2 aliphatic carbocycles. The first kappa shape index (κ1) is 8.45. The lowest BCUT2D eigenvalue weighted by molar-refractivity contribution is 0.140. The molecule has 0 saturated heterocycles. The van der Waals surface area contributed by atoms with Gasteiger partial charge in [-0.2, -0.15) is 0 Å². The van der Waals surface area contributed by atoms with Crippen molar-refractivity contribution in [3.05, 3.63) is 35.4 Å². The third-order valence-electron chi connectivity index (χ3n) is 3.20. The molecule has 14 heavy (non-hydrogen) atoms. The van der Waals surface area contributed by atoms with Crippen molar-refractivity contribution in [2.75, 3.05) is 0 Å². The highest BCUT2D eigenvalue weighted by Crippen LogP contribution is 2.34. The number of hydrogen-bond donors (Lipinski definition) is 2. The van der Waals surface area contributed by atoms with Crippen molar-refractivity contribution < 1.29 is 5.11 Å². The summed E-state index contributed by atoms with van der Waals surface area (Å²) in [5, 5.41) is 13.4. The molecule has 1 aromatic rings. The van der Waals surface area contributed by atoms with E-state index in [9.17, 15) is 5.11 Å². The van der Waals surface area contributed by atoms with Gasteiger partial charge in [0.15, 0.2) is 0 Å². The van der Waals surface area contributed by atoms with Crippen LogP contribution in [-0.4, -0.2) is 17.3 Å². The zero-order valence-corrected chi connectivity index (χ0v) is 8.11. The molecular weight excluding hydrogens is 174 g/mol. The minimum absolute atomic E-state index is 0.179. The van der Waals surface area contributed by atoms with Crippen molar-refractivity contribution in [1.82, 2.24) is 5.32 Å². The molecule has 1 saturated carbocycles. The van der Waals surface area contributed by atoms with Crippen LogP contribution in [0.1, 0.15) is 30.0 Å². The third-order valence-corrected chi connectivity index (χ3v) is 3.20. The second-order valence-electron chi connectivity index (χ2n) is 4.39. The van der Waals surface area contributed by atoms with Gasteiger partial charge in [0.25, 0.3) is 0 Å². The van der Waals surface area contributed by atoms with E-state index in [2.05, 4.69) is 23.5 Å². The highest BCUT2D eigenvalue weighted by atomic mass is 16.3. The van der Waals surface area contributed by atoms with Gasteiger partial charge in [-0.15, -0.1) is 0 Å². The molecule has 0 bridgehead atoms. The van der Waals surface area contributed by atoms with Gasteiger partial charge in [-0.05, 0) is 24.0 Å². The van der Waals surface area contributed by atoms with Gasteiger partial charge in [-0.1, -0.05) is 24.3 Å². The molecule has 0 amide bonds.